The summed E-state index contributed by atoms with van der Waals surface area (Å²) in [4.78, 5) is 15.2. The standard InChI is InChI=1S/C24H19NO2S2/c1-17-8-5-6-13-21(17)25-23(26)22(29-24(25)28)15-19-11-7-12-20(14-19)27-16-18-9-3-2-4-10-18/h2-15H,16H2,1H3. The van der Waals surface area contributed by atoms with E-state index in [2.05, 4.69) is 0 Å². The van der Waals surface area contributed by atoms with E-state index in [1.54, 1.807) is 4.90 Å². The van der Waals surface area contributed by atoms with Crippen LogP contribution in [0.3, 0.4) is 0 Å². The first-order valence-corrected chi connectivity index (χ1v) is 10.4. The molecule has 5 heteroatoms. The van der Waals surface area contributed by atoms with Crippen molar-refractivity contribution in [1.82, 2.24) is 0 Å². The van der Waals surface area contributed by atoms with E-state index in [0.717, 1.165) is 28.1 Å². The predicted molar refractivity (Wildman–Crippen MR) is 124 cm³/mol. The summed E-state index contributed by atoms with van der Waals surface area (Å²) >= 11 is 6.80. The average Bonchev–Trinajstić information content (AvgIpc) is 3.01. The lowest BCUT2D eigenvalue weighted by molar-refractivity contribution is -0.113. The number of carbonyl (C=O) groups excluding carboxylic acids is 1. The van der Waals surface area contributed by atoms with Crippen LogP contribution >= 0.6 is 24.0 Å². The number of aryl methyl sites for hydroxylation is 1. The van der Waals surface area contributed by atoms with E-state index >= 15 is 0 Å². The second-order valence-corrected chi connectivity index (χ2v) is 8.33. The Morgan fingerprint density at radius 1 is 1.00 bits per heavy atom. The molecular weight excluding hydrogens is 398 g/mol. The highest BCUT2D eigenvalue weighted by Gasteiger charge is 2.33. The third kappa shape index (κ3) is 4.42. The smallest absolute Gasteiger partial charge is 0.270 e. The van der Waals surface area contributed by atoms with Crippen molar-refractivity contribution in [2.75, 3.05) is 4.90 Å². The zero-order chi connectivity index (χ0) is 20.2. The Hall–Kier alpha value is -2.89. The number of para-hydroxylation sites is 1. The molecule has 0 unspecified atom stereocenters. The summed E-state index contributed by atoms with van der Waals surface area (Å²) in [5.74, 6) is 0.668. The average molecular weight is 418 g/mol. The molecule has 29 heavy (non-hydrogen) atoms. The van der Waals surface area contributed by atoms with Crippen molar-refractivity contribution in [3.63, 3.8) is 0 Å². The second kappa shape index (κ2) is 8.64. The molecular formula is C24H19NO2S2. The maximum Gasteiger partial charge on any atom is 0.270 e. The molecule has 0 atom stereocenters. The minimum Gasteiger partial charge on any atom is -0.489 e. The van der Waals surface area contributed by atoms with Gasteiger partial charge in [-0.1, -0.05) is 84.6 Å². The van der Waals surface area contributed by atoms with E-state index < -0.39 is 0 Å². The molecule has 1 aliphatic heterocycles. The Labute approximate surface area is 180 Å². The van der Waals surface area contributed by atoms with Gasteiger partial charge in [-0.2, -0.15) is 0 Å². The third-order valence-corrected chi connectivity index (χ3v) is 5.86. The minimum absolute atomic E-state index is 0.0927. The SMILES string of the molecule is Cc1ccccc1N1C(=O)C(=Cc2cccc(OCc3ccccc3)c2)SC1=S. The van der Waals surface area contributed by atoms with Gasteiger partial charge in [0.25, 0.3) is 5.91 Å². The number of anilines is 1. The van der Waals surface area contributed by atoms with Crippen LogP contribution in [0, 0.1) is 6.92 Å². The van der Waals surface area contributed by atoms with Gasteiger partial charge in [-0.05, 0) is 47.9 Å². The maximum atomic E-state index is 13.0. The van der Waals surface area contributed by atoms with Crippen LogP contribution in [-0.2, 0) is 11.4 Å². The van der Waals surface area contributed by atoms with Gasteiger partial charge in [0.15, 0.2) is 4.32 Å². The van der Waals surface area contributed by atoms with E-state index in [1.807, 2.05) is 91.9 Å². The van der Waals surface area contributed by atoms with Crippen LogP contribution in [-0.4, -0.2) is 10.2 Å². The quantitative estimate of drug-likeness (QED) is 0.377. The van der Waals surface area contributed by atoms with E-state index in [9.17, 15) is 4.79 Å². The molecule has 0 saturated carbocycles. The van der Waals surface area contributed by atoms with Crippen molar-refractivity contribution in [3.8, 4) is 5.75 Å². The van der Waals surface area contributed by atoms with Crippen LogP contribution in [0.5, 0.6) is 5.75 Å². The largest absolute Gasteiger partial charge is 0.489 e. The van der Waals surface area contributed by atoms with E-state index in [1.165, 1.54) is 11.8 Å². The number of nitrogens with zero attached hydrogens (tertiary/aromatic N) is 1. The highest BCUT2D eigenvalue weighted by molar-refractivity contribution is 8.27. The Morgan fingerprint density at radius 3 is 2.55 bits per heavy atom. The summed E-state index contributed by atoms with van der Waals surface area (Å²) in [5.41, 5.74) is 3.86. The van der Waals surface area contributed by atoms with Crippen LogP contribution in [0.4, 0.5) is 5.69 Å². The lowest BCUT2D eigenvalue weighted by atomic mass is 10.1. The molecule has 1 saturated heterocycles. The van der Waals surface area contributed by atoms with Gasteiger partial charge in [-0.25, -0.2) is 0 Å². The number of rotatable bonds is 5. The summed E-state index contributed by atoms with van der Waals surface area (Å²) < 4.78 is 6.44. The molecule has 0 bridgehead atoms. The van der Waals surface area contributed by atoms with Crippen molar-refractivity contribution in [1.29, 1.82) is 0 Å². The van der Waals surface area contributed by atoms with Crippen LogP contribution in [0.2, 0.25) is 0 Å². The molecule has 1 aliphatic rings. The molecule has 144 valence electrons. The first-order valence-electron chi connectivity index (χ1n) is 9.22. The minimum atomic E-state index is -0.0927. The van der Waals surface area contributed by atoms with E-state index in [4.69, 9.17) is 17.0 Å². The maximum absolute atomic E-state index is 13.0. The topological polar surface area (TPSA) is 29.5 Å². The van der Waals surface area contributed by atoms with E-state index in [-0.39, 0.29) is 5.91 Å². The lowest BCUT2D eigenvalue weighted by Gasteiger charge is -2.16. The Balaban J connectivity index is 1.53. The number of thiocarbonyl (C=S) groups is 1. The third-order valence-electron chi connectivity index (χ3n) is 4.55. The molecule has 3 nitrogen and oxygen atoms in total. The Morgan fingerprint density at radius 2 is 1.76 bits per heavy atom. The molecule has 1 heterocycles. The van der Waals surface area contributed by atoms with Gasteiger partial charge in [0.1, 0.15) is 12.4 Å². The molecule has 3 aromatic carbocycles. The zero-order valence-corrected chi connectivity index (χ0v) is 17.5. The van der Waals surface area contributed by atoms with Gasteiger partial charge in [0.2, 0.25) is 0 Å². The second-order valence-electron chi connectivity index (χ2n) is 6.65. The van der Waals surface area contributed by atoms with Crippen molar-refractivity contribution in [2.24, 2.45) is 0 Å². The molecule has 1 amide bonds. The lowest BCUT2D eigenvalue weighted by Crippen LogP contribution is -2.28. The molecule has 1 fully saturated rings. The number of thioether (sulfide) groups is 1. The van der Waals surface area contributed by atoms with Gasteiger partial charge < -0.3 is 4.74 Å². The first kappa shape index (κ1) is 19.4. The van der Waals surface area contributed by atoms with Gasteiger partial charge in [0, 0.05) is 0 Å². The van der Waals surface area contributed by atoms with Crippen molar-refractivity contribution >= 4 is 46.0 Å². The molecule has 0 aromatic heterocycles. The zero-order valence-electron chi connectivity index (χ0n) is 15.9. The number of ether oxygens (including phenoxy) is 1. The van der Waals surface area contributed by atoms with Gasteiger partial charge >= 0.3 is 0 Å². The van der Waals surface area contributed by atoms with E-state index in [0.29, 0.717) is 15.8 Å². The van der Waals surface area contributed by atoms with Gasteiger partial charge in [-0.3, -0.25) is 9.69 Å². The molecule has 3 aromatic rings. The van der Waals surface area contributed by atoms with Crippen LogP contribution in [0.15, 0.2) is 83.8 Å². The summed E-state index contributed by atoms with van der Waals surface area (Å²) in [6.45, 7) is 2.48. The number of benzene rings is 3. The van der Waals surface area contributed by atoms with Crippen LogP contribution < -0.4 is 9.64 Å². The van der Waals surface area contributed by atoms with Crippen molar-refractivity contribution in [3.05, 3.63) is 100 Å². The Kier molecular flexibility index (Phi) is 5.79. The van der Waals surface area contributed by atoms with Crippen molar-refractivity contribution < 1.29 is 9.53 Å². The molecule has 0 N–H and O–H groups in total. The molecule has 4 rings (SSSR count). The van der Waals surface area contributed by atoms with Crippen LogP contribution in [0.25, 0.3) is 6.08 Å². The number of amides is 1. The van der Waals surface area contributed by atoms with Gasteiger partial charge in [-0.15, -0.1) is 0 Å². The fraction of sp³-hybridized carbons (Fsp3) is 0.0833. The van der Waals surface area contributed by atoms with Crippen LogP contribution in [0.1, 0.15) is 16.7 Å². The molecule has 0 radical (unpaired) electrons. The number of hydrogen-bond acceptors (Lipinski definition) is 4. The molecule has 0 aliphatic carbocycles. The summed E-state index contributed by atoms with van der Waals surface area (Å²) in [7, 11) is 0. The summed E-state index contributed by atoms with van der Waals surface area (Å²) in [6, 6.07) is 25.5. The monoisotopic (exact) mass is 417 g/mol. The fourth-order valence-corrected chi connectivity index (χ4v) is 4.36. The summed E-state index contributed by atoms with van der Waals surface area (Å²) in [6.07, 6.45) is 1.87. The Bertz CT molecular complexity index is 1090. The van der Waals surface area contributed by atoms with Crippen molar-refractivity contribution in [2.45, 2.75) is 13.5 Å². The first-order chi connectivity index (χ1) is 14.1. The number of hydrogen-bond donors (Lipinski definition) is 0. The number of carbonyl (C=O) groups is 1. The highest BCUT2D eigenvalue weighted by atomic mass is 32.2. The van der Waals surface area contributed by atoms with Gasteiger partial charge in [0.05, 0.1) is 10.6 Å². The predicted octanol–water partition coefficient (Wildman–Crippen LogP) is 5.98. The normalized spacial score (nSPS) is 15.2. The highest BCUT2D eigenvalue weighted by Crippen LogP contribution is 2.37. The fourth-order valence-electron chi connectivity index (χ4n) is 3.08. The molecule has 0 spiro atoms. The summed E-state index contributed by atoms with van der Waals surface area (Å²) in [5, 5.41) is 0.